The van der Waals surface area contributed by atoms with E-state index in [0.717, 1.165) is 24.5 Å². The van der Waals surface area contributed by atoms with Gasteiger partial charge in [0.1, 0.15) is 5.75 Å². The van der Waals surface area contributed by atoms with Crippen molar-refractivity contribution in [3.05, 3.63) is 23.2 Å². The average molecular weight is 255 g/mol. The summed E-state index contributed by atoms with van der Waals surface area (Å²) in [7, 11) is 3.64. The topological polar surface area (TPSA) is 33.3 Å². The molecule has 1 aromatic carbocycles. The van der Waals surface area contributed by atoms with E-state index in [0.29, 0.717) is 10.4 Å². The summed E-state index contributed by atoms with van der Waals surface area (Å²) in [5.74, 6) is 0.789. The van der Waals surface area contributed by atoms with Crippen LogP contribution in [0.4, 0.5) is 5.69 Å². The Hall–Kier alpha value is -0.930. The minimum absolute atomic E-state index is 0.429. The number of benzene rings is 1. The molecule has 0 spiro atoms. The zero-order valence-corrected chi connectivity index (χ0v) is 11.1. The monoisotopic (exact) mass is 254 g/mol. The summed E-state index contributed by atoms with van der Waals surface area (Å²) in [6.07, 6.45) is 2.57. The van der Waals surface area contributed by atoms with Crippen LogP contribution in [0.2, 0.25) is 5.02 Å². The van der Waals surface area contributed by atoms with E-state index in [2.05, 4.69) is 10.6 Å². The van der Waals surface area contributed by atoms with Crippen LogP contribution in [0, 0.1) is 5.41 Å². The standard InChI is InChI=1S/C13H19ClN2O/c1-15-8-13(5-6-13)9-16-12-4-3-10(17-2)7-11(12)14/h3-4,7,15-16H,5-6,8-9H2,1-2H3. The van der Waals surface area contributed by atoms with Crippen LogP contribution in [-0.2, 0) is 0 Å². The van der Waals surface area contributed by atoms with Gasteiger partial charge in [0, 0.05) is 24.6 Å². The number of anilines is 1. The molecule has 2 rings (SSSR count). The molecule has 0 aliphatic heterocycles. The number of hydrogen-bond acceptors (Lipinski definition) is 3. The first kappa shape index (κ1) is 12.5. The summed E-state index contributed by atoms with van der Waals surface area (Å²) < 4.78 is 5.12. The molecule has 0 aromatic heterocycles. The summed E-state index contributed by atoms with van der Waals surface area (Å²) in [4.78, 5) is 0. The lowest BCUT2D eigenvalue weighted by Gasteiger charge is -2.17. The Morgan fingerprint density at radius 3 is 2.65 bits per heavy atom. The molecule has 1 aromatic rings. The van der Waals surface area contributed by atoms with Crippen molar-refractivity contribution in [1.82, 2.24) is 5.32 Å². The molecule has 1 aliphatic rings. The fourth-order valence-corrected chi connectivity index (χ4v) is 2.25. The van der Waals surface area contributed by atoms with Crippen molar-refractivity contribution in [3.8, 4) is 5.75 Å². The second-order valence-corrected chi connectivity index (χ2v) is 5.14. The van der Waals surface area contributed by atoms with Gasteiger partial charge >= 0.3 is 0 Å². The van der Waals surface area contributed by atoms with Crippen LogP contribution in [0.3, 0.4) is 0 Å². The SMILES string of the molecule is CNCC1(CNc2ccc(OC)cc2Cl)CC1. The highest BCUT2D eigenvalue weighted by Crippen LogP contribution is 2.45. The van der Waals surface area contributed by atoms with Crippen LogP contribution in [0.15, 0.2) is 18.2 Å². The van der Waals surface area contributed by atoms with Crippen molar-refractivity contribution in [2.45, 2.75) is 12.8 Å². The average Bonchev–Trinajstić information content (AvgIpc) is 3.08. The normalized spacial score (nSPS) is 16.6. The fraction of sp³-hybridized carbons (Fsp3) is 0.538. The number of rotatable bonds is 6. The number of methoxy groups -OCH3 is 1. The molecule has 17 heavy (non-hydrogen) atoms. The van der Waals surface area contributed by atoms with Gasteiger partial charge in [0.25, 0.3) is 0 Å². The van der Waals surface area contributed by atoms with Gasteiger partial charge in [0.15, 0.2) is 0 Å². The summed E-state index contributed by atoms with van der Waals surface area (Å²) in [6.45, 7) is 2.04. The molecule has 1 aliphatic carbocycles. The van der Waals surface area contributed by atoms with Crippen molar-refractivity contribution in [2.24, 2.45) is 5.41 Å². The van der Waals surface area contributed by atoms with Gasteiger partial charge in [-0.1, -0.05) is 11.6 Å². The maximum absolute atomic E-state index is 6.18. The Labute approximate surface area is 107 Å². The van der Waals surface area contributed by atoms with E-state index < -0.39 is 0 Å². The third-order valence-corrected chi connectivity index (χ3v) is 3.65. The zero-order valence-electron chi connectivity index (χ0n) is 10.3. The van der Waals surface area contributed by atoms with Crippen molar-refractivity contribution in [2.75, 3.05) is 32.6 Å². The van der Waals surface area contributed by atoms with E-state index >= 15 is 0 Å². The minimum atomic E-state index is 0.429. The van der Waals surface area contributed by atoms with E-state index in [-0.39, 0.29) is 0 Å². The Morgan fingerprint density at radius 2 is 2.12 bits per heavy atom. The molecule has 1 saturated carbocycles. The van der Waals surface area contributed by atoms with Crippen LogP contribution in [0.25, 0.3) is 0 Å². The fourth-order valence-electron chi connectivity index (χ4n) is 2.02. The molecule has 0 heterocycles. The maximum atomic E-state index is 6.18. The highest BCUT2D eigenvalue weighted by Gasteiger charge is 2.41. The highest BCUT2D eigenvalue weighted by atomic mass is 35.5. The molecular weight excluding hydrogens is 236 g/mol. The van der Waals surface area contributed by atoms with Crippen LogP contribution < -0.4 is 15.4 Å². The second kappa shape index (κ2) is 5.15. The summed E-state index contributed by atoms with van der Waals surface area (Å²) >= 11 is 6.18. The Bertz CT molecular complexity index is 391. The first-order valence-corrected chi connectivity index (χ1v) is 6.29. The van der Waals surface area contributed by atoms with E-state index in [1.165, 1.54) is 12.8 Å². The first-order chi connectivity index (χ1) is 8.19. The lowest BCUT2D eigenvalue weighted by atomic mass is 10.1. The van der Waals surface area contributed by atoms with Gasteiger partial charge in [-0.3, -0.25) is 0 Å². The van der Waals surface area contributed by atoms with Gasteiger partial charge in [-0.15, -0.1) is 0 Å². The van der Waals surface area contributed by atoms with Gasteiger partial charge in [-0.25, -0.2) is 0 Å². The largest absolute Gasteiger partial charge is 0.497 e. The summed E-state index contributed by atoms with van der Waals surface area (Å²) in [6, 6.07) is 5.73. The highest BCUT2D eigenvalue weighted by molar-refractivity contribution is 6.33. The third kappa shape index (κ3) is 3.05. The van der Waals surface area contributed by atoms with Crippen molar-refractivity contribution >= 4 is 17.3 Å². The second-order valence-electron chi connectivity index (χ2n) is 4.73. The Balaban J connectivity index is 1.95. The molecule has 3 nitrogen and oxygen atoms in total. The summed E-state index contributed by atoms with van der Waals surface area (Å²) in [5, 5.41) is 7.38. The van der Waals surface area contributed by atoms with E-state index in [1.807, 2.05) is 25.2 Å². The molecule has 0 bridgehead atoms. The van der Waals surface area contributed by atoms with Gasteiger partial charge in [-0.2, -0.15) is 0 Å². The quantitative estimate of drug-likeness (QED) is 0.819. The van der Waals surface area contributed by atoms with Crippen LogP contribution in [-0.4, -0.2) is 27.2 Å². The minimum Gasteiger partial charge on any atom is -0.497 e. The molecule has 2 N–H and O–H groups in total. The van der Waals surface area contributed by atoms with E-state index in [9.17, 15) is 0 Å². The molecule has 0 unspecified atom stereocenters. The summed E-state index contributed by atoms with van der Waals surface area (Å²) in [5.41, 5.74) is 1.41. The van der Waals surface area contributed by atoms with E-state index in [4.69, 9.17) is 16.3 Å². The molecule has 0 radical (unpaired) electrons. The van der Waals surface area contributed by atoms with Crippen molar-refractivity contribution in [3.63, 3.8) is 0 Å². The predicted molar refractivity (Wildman–Crippen MR) is 72.1 cm³/mol. The third-order valence-electron chi connectivity index (χ3n) is 3.34. The smallest absolute Gasteiger partial charge is 0.120 e. The molecule has 0 amide bonds. The van der Waals surface area contributed by atoms with Gasteiger partial charge in [0.05, 0.1) is 17.8 Å². The van der Waals surface area contributed by atoms with E-state index in [1.54, 1.807) is 7.11 Å². The predicted octanol–water partition coefficient (Wildman–Crippen LogP) is 2.76. The number of halogens is 1. The Kier molecular flexibility index (Phi) is 3.79. The van der Waals surface area contributed by atoms with Crippen molar-refractivity contribution in [1.29, 1.82) is 0 Å². The van der Waals surface area contributed by atoms with Crippen LogP contribution in [0.1, 0.15) is 12.8 Å². The molecule has 94 valence electrons. The number of hydrogen-bond donors (Lipinski definition) is 2. The first-order valence-electron chi connectivity index (χ1n) is 5.91. The molecule has 4 heteroatoms. The molecule has 0 saturated heterocycles. The lowest BCUT2D eigenvalue weighted by Crippen LogP contribution is -2.26. The van der Waals surface area contributed by atoms with Crippen molar-refractivity contribution < 1.29 is 4.74 Å². The zero-order chi connectivity index (χ0) is 12.3. The van der Waals surface area contributed by atoms with Crippen LogP contribution >= 0.6 is 11.6 Å². The van der Waals surface area contributed by atoms with Crippen LogP contribution in [0.5, 0.6) is 5.75 Å². The number of nitrogens with one attached hydrogen (secondary N) is 2. The van der Waals surface area contributed by atoms with Gasteiger partial charge in [0.2, 0.25) is 0 Å². The molecule has 0 atom stereocenters. The lowest BCUT2D eigenvalue weighted by molar-refractivity contribution is 0.415. The number of ether oxygens (including phenoxy) is 1. The molecule has 1 fully saturated rings. The maximum Gasteiger partial charge on any atom is 0.120 e. The Morgan fingerprint density at radius 1 is 1.35 bits per heavy atom. The van der Waals surface area contributed by atoms with Gasteiger partial charge in [-0.05, 0) is 32.0 Å². The van der Waals surface area contributed by atoms with Gasteiger partial charge < -0.3 is 15.4 Å². The molecular formula is C13H19ClN2O.